The van der Waals surface area contributed by atoms with E-state index in [1.54, 1.807) is 6.20 Å². The van der Waals surface area contributed by atoms with Gasteiger partial charge in [-0.1, -0.05) is 6.07 Å². The monoisotopic (exact) mass is 227 g/mol. The first kappa shape index (κ1) is 9.71. The largest absolute Gasteiger partial charge is 0.310 e. The summed E-state index contributed by atoms with van der Waals surface area (Å²) in [6, 6.07) is 5.63. The molecule has 0 saturated carbocycles. The summed E-state index contributed by atoms with van der Waals surface area (Å²) in [7, 11) is 0. The Morgan fingerprint density at radius 3 is 3.06 bits per heavy atom. The van der Waals surface area contributed by atoms with Gasteiger partial charge in [0, 0.05) is 18.3 Å². The van der Waals surface area contributed by atoms with Crippen molar-refractivity contribution in [1.82, 2.24) is 25.1 Å². The molecule has 6 nitrogen and oxygen atoms in total. The van der Waals surface area contributed by atoms with E-state index in [2.05, 4.69) is 25.1 Å². The molecule has 3 aromatic heterocycles. The molecule has 3 rings (SSSR count). The van der Waals surface area contributed by atoms with Crippen molar-refractivity contribution in [3.63, 3.8) is 0 Å². The number of fused-ring (bicyclic) bond motifs is 1. The van der Waals surface area contributed by atoms with Crippen LogP contribution in [0.5, 0.6) is 0 Å². The fourth-order valence-corrected chi connectivity index (χ4v) is 1.65. The first-order valence-electron chi connectivity index (χ1n) is 5.15. The van der Waals surface area contributed by atoms with Crippen LogP contribution in [0.4, 0.5) is 0 Å². The quantitative estimate of drug-likeness (QED) is 0.672. The summed E-state index contributed by atoms with van der Waals surface area (Å²) in [4.78, 5) is 22.9. The maximum Gasteiger partial charge on any atom is 0.262 e. The number of nitrogens with one attached hydrogen (secondary N) is 2. The molecule has 2 N–H and O–H groups in total. The number of rotatable bonds is 2. The summed E-state index contributed by atoms with van der Waals surface area (Å²) in [5, 5.41) is 6.94. The van der Waals surface area contributed by atoms with Crippen LogP contribution in [0.25, 0.3) is 11.0 Å². The van der Waals surface area contributed by atoms with Gasteiger partial charge in [0.25, 0.3) is 5.56 Å². The zero-order chi connectivity index (χ0) is 11.7. The fourth-order valence-electron chi connectivity index (χ4n) is 1.65. The molecule has 0 aromatic carbocycles. The fraction of sp³-hybridized carbons (Fsp3) is 0.0909. The van der Waals surface area contributed by atoms with Crippen LogP contribution in [-0.4, -0.2) is 25.1 Å². The van der Waals surface area contributed by atoms with Crippen LogP contribution in [0.2, 0.25) is 0 Å². The van der Waals surface area contributed by atoms with Gasteiger partial charge in [0.1, 0.15) is 11.2 Å². The van der Waals surface area contributed by atoms with Gasteiger partial charge in [-0.3, -0.25) is 14.9 Å². The van der Waals surface area contributed by atoms with Crippen LogP contribution in [0.15, 0.2) is 35.4 Å². The number of pyridine rings is 1. The van der Waals surface area contributed by atoms with Gasteiger partial charge in [-0.2, -0.15) is 5.10 Å². The molecule has 0 aliphatic rings. The zero-order valence-electron chi connectivity index (χ0n) is 8.84. The summed E-state index contributed by atoms with van der Waals surface area (Å²) in [6.07, 6.45) is 3.67. The zero-order valence-corrected chi connectivity index (χ0v) is 8.84. The molecule has 84 valence electrons. The number of hydrogen-bond acceptors (Lipinski definition) is 4. The molecule has 0 atom stereocenters. The molecule has 0 fully saturated rings. The lowest BCUT2D eigenvalue weighted by molar-refractivity contribution is 0.932. The predicted octanol–water partition coefficient (Wildman–Crippen LogP) is 0.632. The molecule has 3 aromatic rings. The van der Waals surface area contributed by atoms with Crippen molar-refractivity contribution in [2.45, 2.75) is 6.42 Å². The van der Waals surface area contributed by atoms with Crippen LogP contribution in [0.3, 0.4) is 0 Å². The third kappa shape index (κ3) is 1.80. The third-order valence-electron chi connectivity index (χ3n) is 2.44. The Balaban J connectivity index is 2.04. The molecule has 6 heteroatoms. The van der Waals surface area contributed by atoms with Crippen LogP contribution in [0, 0.1) is 0 Å². The van der Waals surface area contributed by atoms with Crippen molar-refractivity contribution in [3.8, 4) is 0 Å². The van der Waals surface area contributed by atoms with Crippen molar-refractivity contribution in [1.29, 1.82) is 0 Å². The van der Waals surface area contributed by atoms with Gasteiger partial charge in [0.2, 0.25) is 0 Å². The van der Waals surface area contributed by atoms with Crippen molar-refractivity contribution in [2.75, 3.05) is 0 Å². The lowest BCUT2D eigenvalue weighted by Crippen LogP contribution is -2.11. The highest BCUT2D eigenvalue weighted by atomic mass is 16.1. The van der Waals surface area contributed by atoms with Gasteiger partial charge in [-0.05, 0) is 12.1 Å². The highest BCUT2D eigenvalue weighted by Gasteiger charge is 2.06. The summed E-state index contributed by atoms with van der Waals surface area (Å²) in [5.74, 6) is 0.574. The molecule has 0 aliphatic heterocycles. The van der Waals surface area contributed by atoms with E-state index in [9.17, 15) is 4.79 Å². The second-order valence-electron chi connectivity index (χ2n) is 3.64. The van der Waals surface area contributed by atoms with E-state index in [0.29, 0.717) is 23.3 Å². The Labute approximate surface area is 95.8 Å². The standard InChI is InChI=1S/C11H9N5O/c17-11-8-6-13-16-10(8)14-9(15-11)5-7-3-1-2-4-12-7/h1-4,6H,5H2,(H2,13,14,15,16,17). The van der Waals surface area contributed by atoms with Crippen LogP contribution in [-0.2, 0) is 6.42 Å². The number of nitrogens with zero attached hydrogens (tertiary/aromatic N) is 3. The Hall–Kier alpha value is -2.50. The molecule has 0 aliphatic carbocycles. The number of aromatic amines is 2. The van der Waals surface area contributed by atoms with Crippen LogP contribution in [0.1, 0.15) is 11.5 Å². The van der Waals surface area contributed by atoms with Crippen LogP contribution < -0.4 is 5.56 Å². The smallest absolute Gasteiger partial charge is 0.262 e. The molecule has 17 heavy (non-hydrogen) atoms. The Morgan fingerprint density at radius 1 is 1.29 bits per heavy atom. The van der Waals surface area contributed by atoms with E-state index in [1.165, 1.54) is 6.20 Å². The number of aromatic nitrogens is 5. The second-order valence-corrected chi connectivity index (χ2v) is 3.64. The second kappa shape index (κ2) is 3.82. The van der Waals surface area contributed by atoms with E-state index < -0.39 is 0 Å². The Kier molecular flexibility index (Phi) is 2.18. The minimum Gasteiger partial charge on any atom is -0.310 e. The van der Waals surface area contributed by atoms with Gasteiger partial charge in [-0.15, -0.1) is 0 Å². The van der Waals surface area contributed by atoms with Crippen molar-refractivity contribution in [3.05, 3.63) is 52.5 Å². The molecule has 0 bridgehead atoms. The van der Waals surface area contributed by atoms with E-state index in [-0.39, 0.29) is 5.56 Å². The van der Waals surface area contributed by atoms with Gasteiger partial charge in [0.05, 0.1) is 6.20 Å². The average molecular weight is 227 g/mol. The van der Waals surface area contributed by atoms with Crippen molar-refractivity contribution < 1.29 is 0 Å². The molecule has 0 unspecified atom stereocenters. The lowest BCUT2D eigenvalue weighted by atomic mass is 10.2. The number of hydrogen-bond donors (Lipinski definition) is 2. The van der Waals surface area contributed by atoms with E-state index in [4.69, 9.17) is 0 Å². The summed E-state index contributed by atoms with van der Waals surface area (Å²) in [5.41, 5.74) is 1.17. The Bertz CT molecular complexity index is 700. The van der Waals surface area contributed by atoms with E-state index >= 15 is 0 Å². The SMILES string of the molecule is O=c1[nH]c(Cc2ccccn2)nc2[nH]ncc12. The van der Waals surface area contributed by atoms with E-state index in [0.717, 1.165) is 5.69 Å². The average Bonchev–Trinajstić information content (AvgIpc) is 2.79. The lowest BCUT2D eigenvalue weighted by Gasteiger charge is -1.99. The maximum absolute atomic E-state index is 11.7. The molecule has 3 heterocycles. The topological polar surface area (TPSA) is 87.3 Å². The maximum atomic E-state index is 11.7. The van der Waals surface area contributed by atoms with Gasteiger partial charge >= 0.3 is 0 Å². The minimum atomic E-state index is -0.185. The Morgan fingerprint density at radius 2 is 2.24 bits per heavy atom. The molecule has 0 spiro atoms. The molecule has 0 saturated heterocycles. The molecular formula is C11H9N5O. The highest BCUT2D eigenvalue weighted by molar-refractivity contribution is 5.72. The first-order chi connectivity index (χ1) is 8.33. The summed E-state index contributed by atoms with van der Waals surface area (Å²) < 4.78 is 0. The molecular weight excluding hydrogens is 218 g/mol. The van der Waals surface area contributed by atoms with Crippen molar-refractivity contribution >= 4 is 11.0 Å². The number of H-pyrrole nitrogens is 2. The predicted molar refractivity (Wildman–Crippen MR) is 61.6 cm³/mol. The summed E-state index contributed by atoms with van der Waals surface area (Å²) in [6.45, 7) is 0. The molecule has 0 amide bonds. The summed E-state index contributed by atoms with van der Waals surface area (Å²) >= 11 is 0. The van der Waals surface area contributed by atoms with Crippen LogP contribution >= 0.6 is 0 Å². The van der Waals surface area contributed by atoms with Gasteiger partial charge < -0.3 is 4.98 Å². The van der Waals surface area contributed by atoms with E-state index in [1.807, 2.05) is 18.2 Å². The first-order valence-corrected chi connectivity index (χ1v) is 5.15. The molecule has 0 radical (unpaired) electrons. The van der Waals surface area contributed by atoms with Gasteiger partial charge in [0.15, 0.2) is 5.65 Å². The highest BCUT2D eigenvalue weighted by Crippen LogP contribution is 2.04. The third-order valence-corrected chi connectivity index (χ3v) is 2.44. The normalized spacial score (nSPS) is 10.8. The minimum absolute atomic E-state index is 0.185. The van der Waals surface area contributed by atoms with Crippen molar-refractivity contribution in [2.24, 2.45) is 0 Å². The van der Waals surface area contributed by atoms with Gasteiger partial charge in [-0.25, -0.2) is 4.98 Å².